The summed E-state index contributed by atoms with van der Waals surface area (Å²) in [7, 11) is 0. The fourth-order valence-electron chi connectivity index (χ4n) is 5.33. The zero-order valence-corrected chi connectivity index (χ0v) is 27.3. The summed E-state index contributed by atoms with van der Waals surface area (Å²) in [5, 5.41) is 27.9. The van der Waals surface area contributed by atoms with E-state index < -0.39 is 0 Å². The van der Waals surface area contributed by atoms with Gasteiger partial charge >= 0.3 is 0 Å². The molecule has 10 nitrogen and oxygen atoms in total. The number of piperazine rings is 1. The molecule has 1 aromatic heterocycles. The van der Waals surface area contributed by atoms with E-state index in [4.69, 9.17) is 10.3 Å². The quantitative estimate of drug-likeness (QED) is 0.193. The SMILES string of the molecule is CCNC(=O)c1noc(-c2cc(C(C)C)c(O)cc2O)c1-c1ccc(CN2CCN(C(=O)CCCCCN)CC2)cc1.Cl.Cl. The molecular weight excluding hydrogens is 605 g/mol. The molecule has 44 heavy (non-hydrogen) atoms. The van der Waals surface area contributed by atoms with Gasteiger partial charge in [-0.2, -0.15) is 0 Å². The van der Waals surface area contributed by atoms with Crippen LogP contribution in [0.15, 0.2) is 40.9 Å². The normalized spacial score (nSPS) is 13.3. The molecule has 12 heteroatoms. The number of nitrogens with zero attached hydrogens (tertiary/aromatic N) is 3. The number of nitrogens with one attached hydrogen (secondary N) is 1. The zero-order chi connectivity index (χ0) is 30.2. The Hall–Kier alpha value is -3.31. The minimum atomic E-state index is -0.374. The number of phenols is 2. The molecule has 4 rings (SSSR count). The number of hydrogen-bond acceptors (Lipinski definition) is 8. The van der Waals surface area contributed by atoms with E-state index in [1.54, 1.807) is 6.07 Å². The third-order valence-electron chi connectivity index (χ3n) is 7.72. The van der Waals surface area contributed by atoms with Crippen molar-refractivity contribution in [1.82, 2.24) is 20.3 Å². The predicted octanol–water partition coefficient (Wildman–Crippen LogP) is 5.30. The smallest absolute Gasteiger partial charge is 0.274 e. The molecule has 0 saturated carbocycles. The average molecular weight is 651 g/mol. The number of unbranched alkanes of at least 4 members (excludes halogenated alkanes) is 2. The van der Waals surface area contributed by atoms with E-state index in [0.717, 1.165) is 63.1 Å². The lowest BCUT2D eigenvalue weighted by Gasteiger charge is -2.35. The van der Waals surface area contributed by atoms with E-state index in [9.17, 15) is 19.8 Å². The Balaban J connectivity index is 0.00000337. The molecule has 0 bridgehead atoms. The number of phenolic OH excluding ortho intramolecular Hbond substituents is 2. The maximum absolute atomic E-state index is 12.9. The Morgan fingerprint density at radius 2 is 1.68 bits per heavy atom. The number of benzene rings is 2. The fraction of sp³-hybridized carbons (Fsp3) is 0.469. The highest BCUT2D eigenvalue weighted by Gasteiger charge is 2.27. The number of hydrogen-bond donors (Lipinski definition) is 4. The van der Waals surface area contributed by atoms with E-state index in [1.807, 2.05) is 49.9 Å². The molecule has 242 valence electrons. The Bertz CT molecular complexity index is 1370. The van der Waals surface area contributed by atoms with Crippen LogP contribution in [0.25, 0.3) is 22.5 Å². The molecule has 1 saturated heterocycles. The molecule has 2 aromatic carbocycles. The molecule has 0 unspecified atom stereocenters. The van der Waals surface area contributed by atoms with Crippen molar-refractivity contribution in [2.75, 3.05) is 39.3 Å². The fourth-order valence-corrected chi connectivity index (χ4v) is 5.33. The number of nitrogens with two attached hydrogens (primary N) is 1. The van der Waals surface area contributed by atoms with Crippen LogP contribution in [0.2, 0.25) is 0 Å². The van der Waals surface area contributed by atoms with Crippen molar-refractivity contribution < 1.29 is 24.3 Å². The average Bonchev–Trinajstić information content (AvgIpc) is 3.41. The van der Waals surface area contributed by atoms with Crippen molar-refractivity contribution in [2.24, 2.45) is 5.73 Å². The molecule has 2 amide bonds. The first kappa shape index (κ1) is 36.9. The molecular formula is C32H45Cl2N5O5. The van der Waals surface area contributed by atoms with E-state index in [0.29, 0.717) is 36.2 Å². The topological polar surface area (TPSA) is 145 Å². The first-order valence-electron chi connectivity index (χ1n) is 14.9. The van der Waals surface area contributed by atoms with Gasteiger partial charge in [-0.15, -0.1) is 24.8 Å². The van der Waals surface area contributed by atoms with E-state index in [-0.39, 0.29) is 65.5 Å². The lowest BCUT2D eigenvalue weighted by Crippen LogP contribution is -2.48. The zero-order valence-electron chi connectivity index (χ0n) is 25.7. The highest BCUT2D eigenvalue weighted by Crippen LogP contribution is 2.43. The maximum atomic E-state index is 12.9. The summed E-state index contributed by atoms with van der Waals surface area (Å²) in [6.45, 7) is 10.6. The van der Waals surface area contributed by atoms with Gasteiger partial charge in [-0.25, -0.2) is 0 Å². The van der Waals surface area contributed by atoms with Crippen molar-refractivity contribution in [3.63, 3.8) is 0 Å². The predicted molar refractivity (Wildman–Crippen MR) is 177 cm³/mol. The number of rotatable bonds is 12. The highest BCUT2D eigenvalue weighted by molar-refractivity contribution is 6.02. The van der Waals surface area contributed by atoms with Crippen molar-refractivity contribution in [3.8, 4) is 33.9 Å². The lowest BCUT2D eigenvalue weighted by molar-refractivity contribution is -0.133. The second kappa shape index (κ2) is 17.2. The highest BCUT2D eigenvalue weighted by atomic mass is 35.5. The van der Waals surface area contributed by atoms with Gasteiger partial charge in [-0.1, -0.05) is 49.7 Å². The van der Waals surface area contributed by atoms with Gasteiger partial charge in [0.2, 0.25) is 5.91 Å². The molecule has 2 heterocycles. The van der Waals surface area contributed by atoms with Gasteiger partial charge in [0, 0.05) is 51.8 Å². The van der Waals surface area contributed by atoms with Gasteiger partial charge in [0.05, 0.1) is 11.1 Å². The van der Waals surface area contributed by atoms with E-state index in [2.05, 4.69) is 15.4 Å². The van der Waals surface area contributed by atoms with Gasteiger partial charge in [-0.3, -0.25) is 14.5 Å². The Kier molecular flexibility index (Phi) is 14.5. The van der Waals surface area contributed by atoms with Gasteiger partial charge in [0.15, 0.2) is 11.5 Å². The second-order valence-electron chi connectivity index (χ2n) is 11.1. The molecule has 5 N–H and O–H groups in total. The molecule has 3 aromatic rings. The van der Waals surface area contributed by atoms with Gasteiger partial charge < -0.3 is 30.7 Å². The lowest BCUT2D eigenvalue weighted by atomic mass is 9.94. The second-order valence-corrected chi connectivity index (χ2v) is 11.1. The van der Waals surface area contributed by atoms with Gasteiger partial charge in [0.25, 0.3) is 5.91 Å². The van der Waals surface area contributed by atoms with Crippen LogP contribution in [0.3, 0.4) is 0 Å². The number of aromatic nitrogens is 1. The van der Waals surface area contributed by atoms with E-state index >= 15 is 0 Å². The molecule has 1 aliphatic heterocycles. The number of aromatic hydroxyl groups is 2. The summed E-state index contributed by atoms with van der Waals surface area (Å²) >= 11 is 0. The number of carbonyl (C=O) groups is 2. The largest absolute Gasteiger partial charge is 0.508 e. The first-order valence-corrected chi connectivity index (χ1v) is 14.9. The first-order chi connectivity index (χ1) is 20.2. The number of halogens is 2. The van der Waals surface area contributed by atoms with Crippen LogP contribution in [0.5, 0.6) is 11.5 Å². The molecule has 0 radical (unpaired) electrons. The van der Waals surface area contributed by atoms with Crippen LogP contribution in [0.4, 0.5) is 0 Å². The van der Waals surface area contributed by atoms with Crippen LogP contribution in [0, 0.1) is 0 Å². The Morgan fingerprint density at radius 3 is 2.30 bits per heavy atom. The molecule has 0 atom stereocenters. The summed E-state index contributed by atoms with van der Waals surface area (Å²) in [4.78, 5) is 29.7. The van der Waals surface area contributed by atoms with Crippen LogP contribution in [0.1, 0.15) is 74.0 Å². The molecule has 0 aliphatic carbocycles. The number of amides is 2. The standard InChI is InChI=1S/C32H43N5O5.2ClH/c1-4-34-32(41)30-29(31(42-35-30)25-18-24(21(2)3)26(38)19-27(25)39)23-11-9-22(10-12-23)20-36-14-16-37(17-15-36)28(40)8-6-5-7-13-33;;/h9-12,18-19,21,38-39H,4-8,13-17,20,33H2,1-3H3,(H,34,41);2*1H. The van der Waals surface area contributed by atoms with E-state index in [1.165, 1.54) is 6.07 Å². The Morgan fingerprint density at radius 1 is 1.00 bits per heavy atom. The molecule has 1 aliphatic rings. The van der Waals surface area contributed by atoms with Crippen LogP contribution in [-0.4, -0.2) is 76.3 Å². The summed E-state index contributed by atoms with van der Waals surface area (Å²) < 4.78 is 5.68. The summed E-state index contributed by atoms with van der Waals surface area (Å²) in [6.07, 6.45) is 3.44. The van der Waals surface area contributed by atoms with Crippen LogP contribution >= 0.6 is 24.8 Å². The minimum Gasteiger partial charge on any atom is -0.508 e. The van der Waals surface area contributed by atoms with Crippen molar-refractivity contribution in [1.29, 1.82) is 0 Å². The van der Waals surface area contributed by atoms with Crippen LogP contribution < -0.4 is 11.1 Å². The summed E-state index contributed by atoms with van der Waals surface area (Å²) in [6, 6.07) is 10.9. The minimum absolute atomic E-state index is 0. The third kappa shape index (κ3) is 8.88. The summed E-state index contributed by atoms with van der Waals surface area (Å²) in [5.41, 5.74) is 8.97. The van der Waals surface area contributed by atoms with Crippen molar-refractivity contribution in [3.05, 3.63) is 53.2 Å². The van der Waals surface area contributed by atoms with Crippen LogP contribution in [-0.2, 0) is 11.3 Å². The van der Waals surface area contributed by atoms with Crippen molar-refractivity contribution in [2.45, 2.75) is 58.9 Å². The third-order valence-corrected chi connectivity index (χ3v) is 7.72. The monoisotopic (exact) mass is 649 g/mol. The Labute approximate surface area is 271 Å². The summed E-state index contributed by atoms with van der Waals surface area (Å²) in [5.74, 6) is -0.0642. The number of carbonyl (C=O) groups excluding carboxylic acids is 2. The van der Waals surface area contributed by atoms with Gasteiger partial charge in [0.1, 0.15) is 11.5 Å². The van der Waals surface area contributed by atoms with Gasteiger partial charge in [-0.05, 0) is 55.0 Å². The molecule has 0 spiro atoms. The molecule has 1 fully saturated rings. The van der Waals surface area contributed by atoms with Crippen molar-refractivity contribution >= 4 is 36.6 Å². The maximum Gasteiger partial charge on any atom is 0.274 e.